The van der Waals surface area contributed by atoms with Gasteiger partial charge in [0.1, 0.15) is 0 Å². The summed E-state index contributed by atoms with van der Waals surface area (Å²) in [4.78, 5) is 2.00. The summed E-state index contributed by atoms with van der Waals surface area (Å²) in [7, 11) is 8.56. The summed E-state index contributed by atoms with van der Waals surface area (Å²) < 4.78 is 0. The molecule has 0 heterocycles. The van der Waals surface area contributed by atoms with Crippen LogP contribution in [0.1, 0.15) is 0 Å². The Labute approximate surface area is 46.6 Å². The van der Waals surface area contributed by atoms with Crippen LogP contribution >= 0.6 is 8.02 Å². The Hall–Kier alpha value is 0.480. The fourth-order valence-electron chi connectivity index (χ4n) is 0. The van der Waals surface area contributed by atoms with Crippen molar-refractivity contribution in [3.8, 4) is 0 Å². The maximum absolute atomic E-state index is 3.89. The Bertz CT molecular complexity index is 22.0. The van der Waals surface area contributed by atoms with Gasteiger partial charge in [0, 0.05) is 0 Å². The predicted octanol–water partition coefficient (Wildman–Crippen LogP) is 0.769. The third-order valence-corrected chi connectivity index (χ3v) is 0. The second-order valence-corrected chi connectivity index (χ2v) is 1.34. The fraction of sp³-hybridized carbons (Fsp3) is 1.00. The Morgan fingerprint density at radius 3 is 1.17 bits per heavy atom. The van der Waals surface area contributed by atoms with E-state index in [9.17, 15) is 0 Å². The minimum Gasteiger partial charge on any atom is -0.312 e. The smallest absolute Gasteiger partial charge is 0.0140 e. The Balaban J connectivity index is 0. The van der Waals surface area contributed by atoms with Gasteiger partial charge in [-0.3, -0.25) is 0 Å². The maximum atomic E-state index is 3.89. The summed E-state index contributed by atoms with van der Waals surface area (Å²) >= 11 is 3.89. The quantitative estimate of drug-likeness (QED) is 0.438. The Morgan fingerprint density at radius 2 is 1.17 bits per heavy atom. The van der Waals surface area contributed by atoms with Crippen LogP contribution in [-0.2, 0) is 11.8 Å². The highest BCUT2D eigenvalue weighted by Gasteiger charge is 1.58. The topological polar surface area (TPSA) is 3.24 Å². The van der Waals surface area contributed by atoms with Gasteiger partial charge in [0.25, 0.3) is 0 Å². The molecule has 0 saturated carbocycles. The van der Waals surface area contributed by atoms with E-state index in [4.69, 9.17) is 0 Å². The van der Waals surface area contributed by atoms with Gasteiger partial charge in [-0.25, -0.2) is 0 Å². The van der Waals surface area contributed by atoms with E-state index in [2.05, 4.69) is 19.8 Å². The van der Waals surface area contributed by atoms with E-state index >= 15 is 0 Å². The summed E-state index contributed by atoms with van der Waals surface area (Å²) in [5.41, 5.74) is 0. The van der Waals surface area contributed by atoms with Crippen LogP contribution in [0, 0.1) is 0 Å². The molecule has 0 N–H and O–H groups in total. The molecule has 0 aliphatic carbocycles. The van der Waals surface area contributed by atoms with Gasteiger partial charge in [-0.1, -0.05) is 11.8 Å². The molecule has 0 radical (unpaired) electrons. The number of nitrogens with zero attached hydrogens (tertiary/aromatic N) is 1. The molecule has 0 aromatic carbocycles. The molecule has 0 aromatic heterocycles. The van der Waals surface area contributed by atoms with E-state index in [0.29, 0.717) is 0 Å². The minimum atomic E-state index is 2.00. The molecule has 38 valence electrons. The van der Waals surface area contributed by atoms with Gasteiger partial charge in [0.2, 0.25) is 0 Å². The van der Waals surface area contributed by atoms with Gasteiger partial charge >= 0.3 is 0 Å². The molecule has 0 fully saturated rings. The molecule has 0 aliphatic heterocycles. The molecule has 0 rings (SSSR count). The van der Waals surface area contributed by atoms with Crippen LogP contribution in [0.25, 0.3) is 0 Å². The minimum absolute atomic E-state index is 2.00. The molecule has 0 amide bonds. The maximum Gasteiger partial charge on any atom is -0.0140 e. The lowest BCUT2D eigenvalue weighted by atomic mass is 11.0. The largest absolute Gasteiger partial charge is 0.312 e. The van der Waals surface area contributed by atoms with Crippen LogP contribution in [0.4, 0.5) is 0 Å². The van der Waals surface area contributed by atoms with Crippen molar-refractivity contribution in [2.75, 3.05) is 21.1 Å². The first-order valence-electron chi connectivity index (χ1n) is 1.55. The van der Waals surface area contributed by atoms with Gasteiger partial charge in [0.05, 0.1) is 0 Å². The van der Waals surface area contributed by atoms with Gasteiger partial charge in [-0.05, 0) is 29.2 Å². The SMILES string of the molecule is CN(C)C.P=S. The second kappa shape index (κ2) is 9.08. The summed E-state index contributed by atoms with van der Waals surface area (Å²) in [5, 5.41) is 0. The van der Waals surface area contributed by atoms with Crippen molar-refractivity contribution in [1.29, 1.82) is 0 Å². The molecule has 0 aliphatic rings. The number of rotatable bonds is 0. The Morgan fingerprint density at radius 1 is 1.17 bits per heavy atom. The highest BCUT2D eigenvalue weighted by atomic mass is 32.4. The molecule has 0 atom stereocenters. The summed E-state index contributed by atoms with van der Waals surface area (Å²) in [6.07, 6.45) is 0. The monoisotopic (exact) mass is 123 g/mol. The van der Waals surface area contributed by atoms with E-state index in [1.807, 2.05) is 26.0 Å². The van der Waals surface area contributed by atoms with Crippen molar-refractivity contribution in [2.45, 2.75) is 0 Å². The van der Waals surface area contributed by atoms with Crippen molar-refractivity contribution in [3.63, 3.8) is 0 Å². The van der Waals surface area contributed by atoms with Crippen LogP contribution in [0.2, 0.25) is 0 Å². The van der Waals surface area contributed by atoms with Crippen molar-refractivity contribution in [2.24, 2.45) is 0 Å². The molecule has 1 nitrogen and oxygen atoms in total. The second-order valence-electron chi connectivity index (χ2n) is 1.34. The van der Waals surface area contributed by atoms with E-state index in [0.717, 1.165) is 0 Å². The summed E-state index contributed by atoms with van der Waals surface area (Å²) in [6.45, 7) is 0. The van der Waals surface area contributed by atoms with Crippen molar-refractivity contribution >= 4 is 19.8 Å². The van der Waals surface area contributed by atoms with E-state index in [1.165, 1.54) is 0 Å². The van der Waals surface area contributed by atoms with Gasteiger partial charge in [0.15, 0.2) is 0 Å². The van der Waals surface area contributed by atoms with Crippen LogP contribution in [0.15, 0.2) is 0 Å². The van der Waals surface area contributed by atoms with Crippen molar-refractivity contribution in [1.82, 2.24) is 4.90 Å². The zero-order chi connectivity index (χ0) is 5.58. The molecular formula is C3H10NPS. The molecule has 0 aromatic rings. The molecule has 0 saturated heterocycles. The lowest BCUT2D eigenvalue weighted by Gasteiger charge is -1.90. The normalized spacial score (nSPS) is 6.67. The fourth-order valence-corrected chi connectivity index (χ4v) is 0. The molecule has 3 heteroatoms. The lowest BCUT2D eigenvalue weighted by Crippen LogP contribution is -1.99. The van der Waals surface area contributed by atoms with E-state index in [1.54, 1.807) is 0 Å². The molecule has 0 unspecified atom stereocenters. The summed E-state index contributed by atoms with van der Waals surface area (Å²) in [6, 6.07) is 0. The Kier molecular flexibility index (Phi) is 14.7. The average molecular weight is 123 g/mol. The molecule has 0 spiro atoms. The first-order chi connectivity index (χ1) is 2.73. The lowest BCUT2D eigenvalue weighted by molar-refractivity contribution is 0.505. The van der Waals surface area contributed by atoms with Crippen LogP contribution < -0.4 is 0 Å². The van der Waals surface area contributed by atoms with Gasteiger partial charge in [-0.15, -0.1) is 0 Å². The third-order valence-electron chi connectivity index (χ3n) is 0. The first kappa shape index (κ1) is 9.70. The summed E-state index contributed by atoms with van der Waals surface area (Å²) in [5.74, 6) is 0. The highest BCUT2D eigenvalue weighted by molar-refractivity contribution is 7.88. The first-order valence-corrected chi connectivity index (χ1v) is 3.18. The molecule has 6 heavy (non-hydrogen) atoms. The molecular weight excluding hydrogens is 113 g/mol. The van der Waals surface area contributed by atoms with Crippen molar-refractivity contribution < 1.29 is 0 Å². The highest BCUT2D eigenvalue weighted by Crippen LogP contribution is 1.47. The third kappa shape index (κ3) is 235. The van der Waals surface area contributed by atoms with Crippen LogP contribution in [0.5, 0.6) is 0 Å². The number of hydrogen-bond donors (Lipinski definition) is 0. The van der Waals surface area contributed by atoms with Gasteiger partial charge in [-0.2, -0.15) is 0 Å². The van der Waals surface area contributed by atoms with Crippen molar-refractivity contribution in [3.05, 3.63) is 0 Å². The zero-order valence-electron chi connectivity index (χ0n) is 4.36. The zero-order valence-corrected chi connectivity index (χ0v) is 6.17. The predicted molar refractivity (Wildman–Crippen MR) is 35.3 cm³/mol. The van der Waals surface area contributed by atoms with E-state index in [-0.39, 0.29) is 0 Å². The molecule has 0 bridgehead atoms. The van der Waals surface area contributed by atoms with Crippen LogP contribution in [0.3, 0.4) is 0 Å². The van der Waals surface area contributed by atoms with Gasteiger partial charge < -0.3 is 4.90 Å². The average Bonchev–Trinajstić information content (AvgIpc) is 1.41. The van der Waals surface area contributed by atoms with E-state index < -0.39 is 0 Å². The standard InChI is InChI=1S/C3H9N.HPS/c1-4(2)3;1-2/h1-3H3;1H. The number of hydrogen-bond acceptors (Lipinski definition) is 2. The van der Waals surface area contributed by atoms with Crippen LogP contribution in [-0.4, -0.2) is 26.0 Å².